The summed E-state index contributed by atoms with van der Waals surface area (Å²) in [5, 5.41) is 9.29. The summed E-state index contributed by atoms with van der Waals surface area (Å²) in [4.78, 5) is 20.7. The van der Waals surface area contributed by atoms with E-state index < -0.39 is 11.6 Å². The third-order valence-corrected chi connectivity index (χ3v) is 10.3. The van der Waals surface area contributed by atoms with Crippen molar-refractivity contribution in [2.75, 3.05) is 6.61 Å². The fourth-order valence-corrected chi connectivity index (χ4v) is 6.81. The molecule has 0 bridgehead atoms. The normalized spacial score (nSPS) is 15.7. The summed E-state index contributed by atoms with van der Waals surface area (Å²) in [6, 6.07) is 36.5. The molecule has 9 heteroatoms. The largest absolute Gasteiger partial charge is 0.479 e. The molecule has 0 amide bonds. The number of nitrogens with zero attached hydrogens (tertiary/aromatic N) is 2. The maximum Gasteiger partial charge on any atom is 0.335 e. The van der Waals surface area contributed by atoms with Gasteiger partial charge in [-0.1, -0.05) is 125 Å². The van der Waals surface area contributed by atoms with Crippen molar-refractivity contribution in [2.45, 2.75) is 76.1 Å². The maximum absolute atomic E-state index is 11.3. The van der Waals surface area contributed by atoms with Crippen LogP contribution in [0, 0.1) is 19.8 Å². The SMILES string of the molecule is Cc1ccc(-c2nc(CI)c(-c3ccccc3)o2)cc1.Cc1ccc(-c2nc(CO[C@H]3CCC[C@@H](COC(C)(C)C(=O)O)C3)c(-c3ccccc3)o2)cc1. The molecule has 1 saturated carbocycles. The van der Waals surface area contributed by atoms with Gasteiger partial charge < -0.3 is 23.4 Å². The van der Waals surface area contributed by atoms with Crippen molar-refractivity contribution in [1.82, 2.24) is 9.97 Å². The molecular weight excluding hydrogens is 791 g/mol. The van der Waals surface area contributed by atoms with Gasteiger partial charge in [-0.2, -0.15) is 0 Å². The van der Waals surface area contributed by atoms with E-state index in [0.717, 1.165) is 75.3 Å². The second kappa shape index (κ2) is 18.2. The van der Waals surface area contributed by atoms with Gasteiger partial charge in [0, 0.05) is 26.7 Å². The van der Waals surface area contributed by atoms with Gasteiger partial charge in [0.2, 0.25) is 11.8 Å². The number of carboxylic acids is 1. The average molecular weight is 839 g/mol. The van der Waals surface area contributed by atoms with Gasteiger partial charge in [0.15, 0.2) is 17.1 Å². The van der Waals surface area contributed by atoms with Crippen LogP contribution in [0.15, 0.2) is 118 Å². The first-order chi connectivity index (χ1) is 26.1. The zero-order valence-electron chi connectivity index (χ0n) is 31.3. The molecule has 2 atom stereocenters. The topological polar surface area (TPSA) is 108 Å². The summed E-state index contributed by atoms with van der Waals surface area (Å²) >= 11 is 2.32. The molecular formula is C45H47IN2O6. The van der Waals surface area contributed by atoms with Crippen molar-refractivity contribution in [1.29, 1.82) is 0 Å². The fourth-order valence-electron chi connectivity index (χ4n) is 6.29. The number of aliphatic carboxylic acids is 1. The molecule has 8 nitrogen and oxygen atoms in total. The monoisotopic (exact) mass is 838 g/mol. The summed E-state index contributed by atoms with van der Waals surface area (Å²) < 4.78 is 25.1. The van der Waals surface area contributed by atoms with Crippen molar-refractivity contribution < 1.29 is 28.2 Å². The van der Waals surface area contributed by atoms with E-state index in [1.165, 1.54) is 11.1 Å². The van der Waals surface area contributed by atoms with Crippen LogP contribution in [0.1, 0.15) is 62.0 Å². The Kier molecular flexibility index (Phi) is 13.2. The zero-order valence-corrected chi connectivity index (χ0v) is 33.4. The molecule has 0 unspecified atom stereocenters. The lowest BCUT2D eigenvalue weighted by Crippen LogP contribution is -2.37. The number of carboxylic acid groups (broad SMARTS) is 1. The second-order valence-electron chi connectivity index (χ2n) is 14.3. The number of alkyl halides is 1. The van der Waals surface area contributed by atoms with Gasteiger partial charge in [0.25, 0.3) is 0 Å². The summed E-state index contributed by atoms with van der Waals surface area (Å²) in [6.45, 7) is 8.10. The number of benzene rings is 4. The molecule has 0 radical (unpaired) electrons. The van der Waals surface area contributed by atoms with E-state index >= 15 is 0 Å². The third-order valence-electron chi connectivity index (χ3n) is 9.58. The molecule has 6 aromatic rings. The highest BCUT2D eigenvalue weighted by atomic mass is 127. The van der Waals surface area contributed by atoms with Gasteiger partial charge >= 0.3 is 5.97 Å². The highest BCUT2D eigenvalue weighted by Crippen LogP contribution is 2.34. The first-order valence-electron chi connectivity index (χ1n) is 18.4. The van der Waals surface area contributed by atoms with E-state index in [2.05, 4.69) is 65.7 Å². The number of oxazole rings is 2. The van der Waals surface area contributed by atoms with E-state index in [1.54, 1.807) is 13.8 Å². The first-order valence-corrected chi connectivity index (χ1v) is 19.9. The molecule has 54 heavy (non-hydrogen) atoms. The van der Waals surface area contributed by atoms with E-state index in [1.807, 2.05) is 84.9 Å². The van der Waals surface area contributed by atoms with Gasteiger partial charge in [-0.15, -0.1) is 0 Å². The Morgan fingerprint density at radius 1 is 0.741 bits per heavy atom. The minimum atomic E-state index is -1.18. The Hall–Kier alpha value is -4.58. The van der Waals surface area contributed by atoms with Crippen molar-refractivity contribution in [3.05, 3.63) is 132 Å². The average Bonchev–Trinajstić information content (AvgIpc) is 3.83. The molecule has 7 rings (SSSR count). The first kappa shape index (κ1) is 39.1. The van der Waals surface area contributed by atoms with Crippen LogP contribution in [0.4, 0.5) is 0 Å². The maximum atomic E-state index is 11.3. The van der Waals surface area contributed by atoms with E-state index in [-0.39, 0.29) is 12.0 Å². The molecule has 2 aromatic heterocycles. The summed E-state index contributed by atoms with van der Waals surface area (Å²) in [7, 11) is 0. The Balaban J connectivity index is 0.000000210. The minimum Gasteiger partial charge on any atom is -0.479 e. The molecule has 1 fully saturated rings. The quantitative estimate of drug-likeness (QED) is 0.0959. The van der Waals surface area contributed by atoms with Gasteiger partial charge in [0.1, 0.15) is 5.69 Å². The highest BCUT2D eigenvalue weighted by molar-refractivity contribution is 14.1. The molecule has 0 aliphatic heterocycles. The minimum absolute atomic E-state index is 0.0819. The molecule has 1 aliphatic carbocycles. The third kappa shape index (κ3) is 10.1. The Morgan fingerprint density at radius 2 is 1.24 bits per heavy atom. The Bertz CT molecular complexity index is 2090. The molecule has 0 saturated heterocycles. The Labute approximate surface area is 331 Å². The van der Waals surface area contributed by atoms with Crippen LogP contribution in [0.5, 0.6) is 0 Å². The standard InChI is InChI=1S/C28H33NO5.C17H14INO/c1-19-12-14-22(15-13-19)26-29-24(25(34-26)21-9-5-4-6-10-21)18-32-23-11-7-8-20(16-23)17-33-28(2,3)27(30)31;1-12-7-9-14(10-8-12)17-19-15(11-18)16(20-17)13-5-3-2-4-6-13/h4-6,9-10,12-15,20,23H,7-8,11,16-18H2,1-3H3,(H,30,31);2-10H,11H2,1H3/t20-,23+;/m1./s1. The van der Waals surface area contributed by atoms with Gasteiger partial charge in [-0.05, 0) is 77.1 Å². The van der Waals surface area contributed by atoms with Crippen LogP contribution >= 0.6 is 22.6 Å². The lowest BCUT2D eigenvalue weighted by molar-refractivity contribution is -0.163. The van der Waals surface area contributed by atoms with Crippen LogP contribution in [0.3, 0.4) is 0 Å². The van der Waals surface area contributed by atoms with Crippen molar-refractivity contribution >= 4 is 28.6 Å². The lowest BCUT2D eigenvalue weighted by Gasteiger charge is -2.31. The number of ether oxygens (including phenoxy) is 2. The van der Waals surface area contributed by atoms with Crippen LogP contribution < -0.4 is 0 Å². The number of hydrogen-bond donors (Lipinski definition) is 1. The highest BCUT2D eigenvalue weighted by Gasteiger charge is 2.31. The lowest BCUT2D eigenvalue weighted by atomic mass is 9.87. The number of carbonyl (C=O) groups is 1. The van der Waals surface area contributed by atoms with Crippen molar-refractivity contribution in [3.63, 3.8) is 0 Å². The molecule has 4 aromatic carbocycles. The van der Waals surface area contributed by atoms with Crippen molar-refractivity contribution in [3.8, 4) is 45.6 Å². The van der Waals surface area contributed by atoms with E-state index in [0.29, 0.717) is 25.0 Å². The molecule has 2 heterocycles. The summed E-state index contributed by atoms with van der Waals surface area (Å²) in [5.74, 6) is 2.22. The van der Waals surface area contributed by atoms with Gasteiger partial charge in [-0.3, -0.25) is 0 Å². The van der Waals surface area contributed by atoms with Gasteiger partial charge in [0.05, 0.1) is 25.0 Å². The summed E-state index contributed by atoms with van der Waals surface area (Å²) in [6.07, 6.45) is 3.96. The number of halogens is 1. The van der Waals surface area contributed by atoms with Crippen LogP contribution in [0.2, 0.25) is 0 Å². The molecule has 280 valence electrons. The van der Waals surface area contributed by atoms with Crippen LogP contribution in [0.25, 0.3) is 45.6 Å². The molecule has 1 aliphatic rings. The molecule has 1 N–H and O–H groups in total. The van der Waals surface area contributed by atoms with Crippen LogP contribution in [-0.2, 0) is 25.3 Å². The number of aryl methyl sites for hydroxylation is 2. The molecule has 0 spiro atoms. The predicted octanol–water partition coefficient (Wildman–Crippen LogP) is 11.5. The van der Waals surface area contributed by atoms with E-state index in [4.69, 9.17) is 23.3 Å². The number of hydrogen-bond acceptors (Lipinski definition) is 7. The predicted molar refractivity (Wildman–Crippen MR) is 220 cm³/mol. The number of rotatable bonds is 12. The number of aromatic nitrogens is 2. The van der Waals surface area contributed by atoms with Crippen molar-refractivity contribution in [2.24, 2.45) is 5.92 Å². The fraction of sp³-hybridized carbons (Fsp3) is 0.311. The van der Waals surface area contributed by atoms with Gasteiger partial charge in [-0.25, -0.2) is 14.8 Å². The Morgan fingerprint density at radius 3 is 1.74 bits per heavy atom. The van der Waals surface area contributed by atoms with Crippen LogP contribution in [-0.4, -0.2) is 39.4 Å². The summed E-state index contributed by atoms with van der Waals surface area (Å²) in [5.41, 5.74) is 7.02. The zero-order chi connectivity index (χ0) is 38.1. The van der Waals surface area contributed by atoms with E-state index in [9.17, 15) is 9.90 Å². The smallest absolute Gasteiger partial charge is 0.335 e. The second-order valence-corrected chi connectivity index (χ2v) is 15.0.